The van der Waals surface area contributed by atoms with E-state index < -0.39 is 5.91 Å². The Labute approximate surface area is 97.0 Å². The average Bonchev–Trinajstić information content (AvgIpc) is 2.73. The first-order valence-electron chi connectivity index (χ1n) is 4.94. The van der Waals surface area contributed by atoms with Crippen molar-refractivity contribution in [1.29, 1.82) is 0 Å². The van der Waals surface area contributed by atoms with Gasteiger partial charge in [-0.1, -0.05) is 5.16 Å². The molecule has 0 spiro atoms. The topological polar surface area (TPSA) is 107 Å². The minimum Gasteiger partial charge on any atom is -0.365 e. The van der Waals surface area contributed by atoms with Crippen LogP contribution in [-0.2, 0) is 6.54 Å². The summed E-state index contributed by atoms with van der Waals surface area (Å²) in [6.07, 6.45) is 1.57. The second-order valence-electron chi connectivity index (χ2n) is 3.35. The fourth-order valence-corrected chi connectivity index (χ4v) is 1.32. The number of nitrogens with two attached hydrogens (primary N) is 1. The Morgan fingerprint density at radius 3 is 3.06 bits per heavy atom. The molecule has 0 atom stereocenters. The molecule has 7 heteroatoms. The Morgan fingerprint density at radius 1 is 1.59 bits per heavy atom. The third-order valence-electron chi connectivity index (χ3n) is 2.06. The van der Waals surface area contributed by atoms with Gasteiger partial charge >= 0.3 is 0 Å². The summed E-state index contributed by atoms with van der Waals surface area (Å²) in [6, 6.07) is 3.24. The summed E-state index contributed by atoms with van der Waals surface area (Å²) in [7, 11) is 0. The zero-order valence-electron chi connectivity index (χ0n) is 9.17. The van der Waals surface area contributed by atoms with Crippen molar-refractivity contribution in [2.24, 2.45) is 5.73 Å². The molecule has 0 aromatic carbocycles. The zero-order chi connectivity index (χ0) is 12.3. The van der Waals surface area contributed by atoms with Gasteiger partial charge in [-0.2, -0.15) is 4.98 Å². The highest BCUT2D eigenvalue weighted by Gasteiger charge is 2.09. The summed E-state index contributed by atoms with van der Waals surface area (Å²) >= 11 is 0. The maximum Gasteiger partial charge on any atom is 0.252 e. The van der Waals surface area contributed by atoms with Gasteiger partial charge in [0.15, 0.2) is 5.82 Å². The van der Waals surface area contributed by atoms with Gasteiger partial charge in [-0.15, -0.1) is 0 Å². The van der Waals surface area contributed by atoms with Crippen molar-refractivity contribution in [3.05, 3.63) is 35.6 Å². The van der Waals surface area contributed by atoms with Crippen LogP contribution in [0.15, 0.2) is 22.9 Å². The maximum atomic E-state index is 11.1. The quantitative estimate of drug-likeness (QED) is 0.795. The third-order valence-corrected chi connectivity index (χ3v) is 2.06. The van der Waals surface area contributed by atoms with Crippen LogP contribution in [0.3, 0.4) is 0 Å². The highest BCUT2D eigenvalue weighted by atomic mass is 16.5. The van der Waals surface area contributed by atoms with E-state index in [9.17, 15) is 4.79 Å². The maximum absolute atomic E-state index is 11.1. The smallest absolute Gasteiger partial charge is 0.252 e. The van der Waals surface area contributed by atoms with E-state index in [1.54, 1.807) is 25.3 Å². The molecule has 0 radical (unpaired) electrons. The van der Waals surface area contributed by atoms with E-state index in [4.69, 9.17) is 10.3 Å². The van der Waals surface area contributed by atoms with E-state index >= 15 is 0 Å². The van der Waals surface area contributed by atoms with Crippen LogP contribution in [0.25, 0.3) is 0 Å². The fourth-order valence-electron chi connectivity index (χ4n) is 1.32. The van der Waals surface area contributed by atoms with E-state index in [0.717, 1.165) is 0 Å². The number of primary amides is 1. The van der Waals surface area contributed by atoms with E-state index in [2.05, 4.69) is 20.4 Å². The van der Waals surface area contributed by atoms with E-state index in [1.165, 1.54) is 0 Å². The molecule has 0 aliphatic carbocycles. The summed E-state index contributed by atoms with van der Waals surface area (Å²) in [6.45, 7) is 2.01. The lowest BCUT2D eigenvalue weighted by Gasteiger charge is -2.05. The Hall–Kier alpha value is -2.44. The van der Waals surface area contributed by atoms with Crippen LogP contribution in [0.5, 0.6) is 0 Å². The predicted molar refractivity (Wildman–Crippen MR) is 59.1 cm³/mol. The molecule has 3 N–H and O–H groups in total. The molecule has 0 fully saturated rings. The number of anilines is 1. The summed E-state index contributed by atoms with van der Waals surface area (Å²) in [4.78, 5) is 19.2. The summed E-state index contributed by atoms with van der Waals surface area (Å²) < 4.78 is 4.82. The molecule has 2 aromatic rings. The normalized spacial score (nSPS) is 10.2. The Bertz CT molecular complexity index is 537. The number of aromatic nitrogens is 3. The van der Waals surface area contributed by atoms with Gasteiger partial charge in [0.1, 0.15) is 5.82 Å². The molecule has 17 heavy (non-hydrogen) atoms. The van der Waals surface area contributed by atoms with Crippen molar-refractivity contribution >= 4 is 11.7 Å². The number of nitrogens with one attached hydrogen (secondary N) is 1. The number of pyridine rings is 1. The number of carbonyl (C=O) groups is 1. The van der Waals surface area contributed by atoms with Crippen molar-refractivity contribution in [2.45, 2.75) is 13.5 Å². The molecule has 0 bridgehead atoms. The van der Waals surface area contributed by atoms with Crippen LogP contribution >= 0.6 is 0 Å². The number of amides is 1. The van der Waals surface area contributed by atoms with Crippen LogP contribution < -0.4 is 11.1 Å². The predicted octanol–water partition coefficient (Wildman–Crippen LogP) is 0.484. The molecule has 0 saturated heterocycles. The Balaban J connectivity index is 2.11. The lowest BCUT2D eigenvalue weighted by molar-refractivity contribution is 0.100. The molecule has 88 valence electrons. The van der Waals surface area contributed by atoms with Crippen LogP contribution in [0, 0.1) is 6.92 Å². The van der Waals surface area contributed by atoms with Gasteiger partial charge < -0.3 is 15.6 Å². The van der Waals surface area contributed by atoms with E-state index in [-0.39, 0.29) is 0 Å². The lowest BCUT2D eigenvalue weighted by Crippen LogP contribution is -2.15. The van der Waals surface area contributed by atoms with Gasteiger partial charge in [0.2, 0.25) is 5.89 Å². The first-order chi connectivity index (χ1) is 8.16. The van der Waals surface area contributed by atoms with Gasteiger partial charge in [-0.05, 0) is 12.1 Å². The molecule has 0 aliphatic rings. The zero-order valence-corrected chi connectivity index (χ0v) is 9.17. The largest absolute Gasteiger partial charge is 0.365 e. The lowest BCUT2D eigenvalue weighted by atomic mass is 10.2. The van der Waals surface area contributed by atoms with Crippen molar-refractivity contribution in [3.8, 4) is 0 Å². The first kappa shape index (κ1) is 11.1. The highest BCUT2D eigenvalue weighted by Crippen LogP contribution is 2.11. The molecule has 0 unspecified atom stereocenters. The molecule has 0 aliphatic heterocycles. The van der Waals surface area contributed by atoms with E-state index in [1.807, 2.05) is 0 Å². The Kier molecular flexibility index (Phi) is 2.99. The fraction of sp³-hybridized carbons (Fsp3) is 0.200. The van der Waals surface area contributed by atoms with Crippen LogP contribution in [-0.4, -0.2) is 21.0 Å². The number of carbonyl (C=O) groups excluding carboxylic acids is 1. The van der Waals surface area contributed by atoms with Crippen LogP contribution in [0.2, 0.25) is 0 Å². The molecule has 7 nitrogen and oxygen atoms in total. The molecule has 2 rings (SSSR count). The molecular weight excluding hydrogens is 222 g/mol. The summed E-state index contributed by atoms with van der Waals surface area (Å²) in [5, 5.41) is 6.64. The van der Waals surface area contributed by atoms with Gasteiger partial charge in [0.05, 0.1) is 12.1 Å². The van der Waals surface area contributed by atoms with Gasteiger partial charge in [0, 0.05) is 13.1 Å². The van der Waals surface area contributed by atoms with Crippen molar-refractivity contribution in [3.63, 3.8) is 0 Å². The number of aryl methyl sites for hydroxylation is 1. The molecule has 1 amide bonds. The van der Waals surface area contributed by atoms with Crippen molar-refractivity contribution < 1.29 is 9.32 Å². The SMILES string of the molecule is Cc1nc(CNc2ncccc2C(N)=O)no1. The summed E-state index contributed by atoms with van der Waals surface area (Å²) in [5.41, 5.74) is 5.55. The second-order valence-corrected chi connectivity index (χ2v) is 3.35. The number of nitrogens with zero attached hydrogens (tertiary/aromatic N) is 3. The summed E-state index contributed by atoms with van der Waals surface area (Å²) in [5.74, 6) is 0.842. The van der Waals surface area contributed by atoms with Gasteiger partial charge in [-0.25, -0.2) is 4.98 Å². The molecule has 2 heterocycles. The first-order valence-corrected chi connectivity index (χ1v) is 4.94. The minimum absolute atomic E-state index is 0.314. The van der Waals surface area contributed by atoms with Gasteiger partial charge in [0.25, 0.3) is 5.91 Å². The van der Waals surface area contributed by atoms with Gasteiger partial charge in [-0.3, -0.25) is 4.79 Å². The monoisotopic (exact) mass is 233 g/mol. The third kappa shape index (κ3) is 2.57. The van der Waals surface area contributed by atoms with Crippen molar-refractivity contribution in [1.82, 2.24) is 15.1 Å². The van der Waals surface area contributed by atoms with E-state index in [0.29, 0.717) is 29.6 Å². The molecular formula is C10H11N5O2. The average molecular weight is 233 g/mol. The Morgan fingerprint density at radius 2 is 2.41 bits per heavy atom. The molecule has 0 saturated carbocycles. The van der Waals surface area contributed by atoms with Crippen LogP contribution in [0.1, 0.15) is 22.1 Å². The second kappa shape index (κ2) is 4.60. The number of hydrogen-bond acceptors (Lipinski definition) is 6. The minimum atomic E-state index is -0.537. The standard InChI is InChI=1S/C10H11N5O2/c1-6-14-8(15-17-6)5-13-10-7(9(11)16)3-2-4-12-10/h2-4H,5H2,1H3,(H2,11,16)(H,12,13). The van der Waals surface area contributed by atoms with Crippen molar-refractivity contribution in [2.75, 3.05) is 5.32 Å². The number of hydrogen-bond donors (Lipinski definition) is 2. The highest BCUT2D eigenvalue weighted by molar-refractivity contribution is 5.97. The van der Waals surface area contributed by atoms with Crippen LogP contribution in [0.4, 0.5) is 5.82 Å². The molecule has 2 aromatic heterocycles. The number of rotatable bonds is 4.